The lowest BCUT2D eigenvalue weighted by Gasteiger charge is -2.34. The molecule has 204 valence electrons. The molecule has 0 spiro atoms. The fourth-order valence-electron chi connectivity index (χ4n) is 5.84. The van der Waals surface area contributed by atoms with Crippen LogP contribution in [0.5, 0.6) is 5.75 Å². The summed E-state index contributed by atoms with van der Waals surface area (Å²) in [6.45, 7) is 3.99. The molecule has 1 saturated carbocycles. The van der Waals surface area contributed by atoms with Crippen LogP contribution in [0.1, 0.15) is 48.3 Å². The summed E-state index contributed by atoms with van der Waals surface area (Å²) in [6.07, 6.45) is 4.74. The van der Waals surface area contributed by atoms with Crippen LogP contribution in [0.25, 0.3) is 0 Å². The summed E-state index contributed by atoms with van der Waals surface area (Å²) in [5, 5.41) is 16.4. The first-order valence-electron chi connectivity index (χ1n) is 14.3. The second-order valence-electron chi connectivity index (χ2n) is 10.8. The Morgan fingerprint density at radius 2 is 1.56 bits per heavy atom. The van der Waals surface area contributed by atoms with Gasteiger partial charge in [0.05, 0.1) is 6.54 Å². The van der Waals surface area contributed by atoms with Crippen LogP contribution in [0.15, 0.2) is 89.9 Å². The number of aliphatic imine (C=N–C) groups is 1. The lowest BCUT2D eigenvalue weighted by molar-refractivity contribution is -0.137. The first-order chi connectivity index (χ1) is 19.2. The molecule has 1 fully saturated rings. The van der Waals surface area contributed by atoms with Gasteiger partial charge in [-0.25, -0.2) is 0 Å². The van der Waals surface area contributed by atoms with Gasteiger partial charge in [0.15, 0.2) is 5.96 Å². The number of phenols is 1. The maximum absolute atomic E-state index is 14.1. The number of hydrogen-bond donors (Lipinski definition) is 3. The first kappa shape index (κ1) is 26.8. The summed E-state index contributed by atoms with van der Waals surface area (Å²) in [5.74, 6) is 2.21. The van der Waals surface area contributed by atoms with Crippen LogP contribution in [-0.2, 0) is 11.2 Å². The van der Waals surface area contributed by atoms with E-state index >= 15 is 0 Å². The number of benzene rings is 3. The van der Waals surface area contributed by atoms with E-state index in [4.69, 9.17) is 0 Å². The molecule has 3 aromatic carbocycles. The van der Waals surface area contributed by atoms with Gasteiger partial charge in [0, 0.05) is 38.0 Å². The Kier molecular flexibility index (Phi) is 9.15. The van der Waals surface area contributed by atoms with Crippen molar-refractivity contribution in [3.05, 3.63) is 102 Å². The normalized spacial score (nSPS) is 18.8. The molecule has 1 aliphatic heterocycles. The van der Waals surface area contributed by atoms with Gasteiger partial charge < -0.3 is 20.6 Å². The van der Waals surface area contributed by atoms with E-state index in [2.05, 4.69) is 69.1 Å². The smallest absolute Gasteiger partial charge is 0.225 e. The van der Waals surface area contributed by atoms with Gasteiger partial charge in [0.1, 0.15) is 5.75 Å². The minimum absolute atomic E-state index is 0.0650. The van der Waals surface area contributed by atoms with Gasteiger partial charge in [0.25, 0.3) is 0 Å². The van der Waals surface area contributed by atoms with E-state index in [9.17, 15) is 9.90 Å². The van der Waals surface area contributed by atoms with Crippen molar-refractivity contribution < 1.29 is 9.90 Å². The van der Waals surface area contributed by atoms with Gasteiger partial charge in [-0.2, -0.15) is 0 Å². The minimum Gasteiger partial charge on any atom is -0.508 e. The molecular formula is C33H40N4O2. The second kappa shape index (κ2) is 13.3. The molecule has 1 heterocycles. The monoisotopic (exact) mass is 524 g/mol. The number of carbonyl (C=O) groups excluding carboxylic acids is 1. The van der Waals surface area contributed by atoms with E-state index in [1.165, 1.54) is 11.1 Å². The van der Waals surface area contributed by atoms with Crippen LogP contribution in [0.3, 0.4) is 0 Å². The third kappa shape index (κ3) is 7.41. The standard InChI is InChI=1S/C33H40N4O2/c38-30-17-13-25(14-18-30)19-22-37(24-31(27-7-3-1-4-8-27)28-9-5-2-6-10-28)32(39)29-15-11-26(12-16-29)23-36-33-34-20-21-35-33/h1-10,13-14,17-18,26,29,31,38H,11-12,15-16,19-24H2,(H2,34,35,36). The maximum atomic E-state index is 14.1. The Hall–Kier alpha value is -3.80. The van der Waals surface area contributed by atoms with Crippen LogP contribution in [0.2, 0.25) is 0 Å². The van der Waals surface area contributed by atoms with Crippen molar-refractivity contribution >= 4 is 11.9 Å². The third-order valence-corrected chi connectivity index (χ3v) is 8.15. The molecule has 0 atom stereocenters. The summed E-state index contributed by atoms with van der Waals surface area (Å²) >= 11 is 0. The highest BCUT2D eigenvalue weighted by Gasteiger charge is 2.31. The number of amides is 1. The van der Waals surface area contributed by atoms with Gasteiger partial charge in [-0.15, -0.1) is 0 Å². The predicted molar refractivity (Wildman–Crippen MR) is 157 cm³/mol. The van der Waals surface area contributed by atoms with Crippen LogP contribution >= 0.6 is 0 Å². The Bertz CT molecular complexity index is 1170. The highest BCUT2D eigenvalue weighted by Crippen LogP contribution is 2.32. The first-order valence-corrected chi connectivity index (χ1v) is 14.3. The molecule has 6 nitrogen and oxygen atoms in total. The number of nitrogens with zero attached hydrogens (tertiary/aromatic N) is 2. The summed E-state index contributed by atoms with van der Waals surface area (Å²) in [7, 11) is 0. The van der Waals surface area contributed by atoms with Crippen molar-refractivity contribution in [2.45, 2.75) is 38.0 Å². The molecule has 3 N–H and O–H groups in total. The quantitative estimate of drug-likeness (QED) is 0.351. The molecule has 5 rings (SSSR count). The highest BCUT2D eigenvalue weighted by molar-refractivity contribution is 5.81. The fraction of sp³-hybridized carbons (Fsp3) is 0.394. The number of guanidine groups is 1. The van der Waals surface area contributed by atoms with Crippen LogP contribution in [-0.4, -0.2) is 54.6 Å². The van der Waals surface area contributed by atoms with Gasteiger partial charge in [-0.05, 0) is 66.8 Å². The molecule has 0 bridgehead atoms. The lowest BCUT2D eigenvalue weighted by atomic mass is 9.81. The molecule has 1 amide bonds. The molecule has 0 aromatic heterocycles. The molecule has 0 radical (unpaired) electrons. The summed E-state index contributed by atoms with van der Waals surface area (Å²) in [6, 6.07) is 28.4. The average molecular weight is 525 g/mol. The molecule has 2 aliphatic rings. The molecule has 0 saturated heterocycles. The number of carbonyl (C=O) groups is 1. The van der Waals surface area contributed by atoms with Crippen LogP contribution in [0.4, 0.5) is 0 Å². The van der Waals surface area contributed by atoms with Crippen molar-refractivity contribution in [3.63, 3.8) is 0 Å². The molecular weight excluding hydrogens is 484 g/mol. The zero-order valence-electron chi connectivity index (χ0n) is 22.6. The summed E-state index contributed by atoms with van der Waals surface area (Å²) in [4.78, 5) is 20.6. The minimum atomic E-state index is 0.0650. The highest BCUT2D eigenvalue weighted by atomic mass is 16.3. The Morgan fingerprint density at radius 3 is 2.15 bits per heavy atom. The zero-order valence-corrected chi connectivity index (χ0v) is 22.6. The predicted octanol–water partition coefficient (Wildman–Crippen LogP) is 4.95. The Labute approximate surface area is 232 Å². The number of rotatable bonds is 10. The topological polar surface area (TPSA) is 77.0 Å². The molecule has 1 aliphatic carbocycles. The average Bonchev–Trinajstić information content (AvgIpc) is 3.52. The number of phenolic OH excluding ortho intramolecular Hbond substituents is 1. The van der Waals surface area contributed by atoms with E-state index in [0.29, 0.717) is 19.0 Å². The third-order valence-electron chi connectivity index (χ3n) is 8.15. The number of aromatic hydroxyl groups is 1. The molecule has 0 unspecified atom stereocenters. The summed E-state index contributed by atoms with van der Waals surface area (Å²) in [5.41, 5.74) is 3.58. The van der Waals surface area contributed by atoms with E-state index in [1.54, 1.807) is 12.1 Å². The number of nitrogens with one attached hydrogen (secondary N) is 2. The molecule has 6 heteroatoms. The van der Waals surface area contributed by atoms with E-state index in [1.807, 2.05) is 24.3 Å². The number of hydrogen-bond acceptors (Lipinski definition) is 5. The Morgan fingerprint density at radius 1 is 0.923 bits per heavy atom. The lowest BCUT2D eigenvalue weighted by Crippen LogP contribution is -2.42. The van der Waals surface area contributed by atoms with Gasteiger partial charge in [-0.1, -0.05) is 72.8 Å². The SMILES string of the molecule is O=C(C1CCC(CNC2=NCCN2)CC1)N(CCc1ccc(O)cc1)CC(c1ccccc1)c1ccccc1. The van der Waals surface area contributed by atoms with Gasteiger partial charge >= 0.3 is 0 Å². The Balaban J connectivity index is 1.29. The largest absolute Gasteiger partial charge is 0.508 e. The molecule has 3 aromatic rings. The van der Waals surface area contributed by atoms with Crippen molar-refractivity contribution in [3.8, 4) is 5.75 Å². The van der Waals surface area contributed by atoms with E-state index in [0.717, 1.165) is 63.3 Å². The van der Waals surface area contributed by atoms with Crippen molar-refractivity contribution in [2.24, 2.45) is 16.8 Å². The zero-order chi connectivity index (χ0) is 26.9. The van der Waals surface area contributed by atoms with Crippen molar-refractivity contribution in [1.82, 2.24) is 15.5 Å². The summed E-state index contributed by atoms with van der Waals surface area (Å²) < 4.78 is 0. The van der Waals surface area contributed by atoms with Crippen LogP contribution < -0.4 is 10.6 Å². The fourth-order valence-corrected chi connectivity index (χ4v) is 5.84. The second-order valence-corrected chi connectivity index (χ2v) is 10.8. The van der Waals surface area contributed by atoms with E-state index < -0.39 is 0 Å². The van der Waals surface area contributed by atoms with Gasteiger partial charge in [-0.3, -0.25) is 9.79 Å². The van der Waals surface area contributed by atoms with E-state index in [-0.39, 0.29) is 23.5 Å². The van der Waals surface area contributed by atoms with Crippen LogP contribution in [0, 0.1) is 11.8 Å². The van der Waals surface area contributed by atoms with Crippen molar-refractivity contribution in [1.29, 1.82) is 0 Å². The maximum Gasteiger partial charge on any atom is 0.225 e. The van der Waals surface area contributed by atoms with Gasteiger partial charge in [0.2, 0.25) is 5.91 Å². The van der Waals surface area contributed by atoms with Crippen molar-refractivity contribution in [2.75, 3.05) is 32.7 Å². The molecule has 39 heavy (non-hydrogen) atoms.